The van der Waals surface area contributed by atoms with Crippen molar-refractivity contribution in [2.75, 3.05) is 13.1 Å². The fraction of sp³-hybridized carbons (Fsp3) is 0.381. The van der Waals surface area contributed by atoms with Gasteiger partial charge in [0, 0.05) is 18.7 Å². The summed E-state index contributed by atoms with van der Waals surface area (Å²) in [5, 5.41) is 2.87. The van der Waals surface area contributed by atoms with Gasteiger partial charge >= 0.3 is 0 Å². The Hall–Kier alpha value is -2.25. The molecule has 2 aromatic carbocycles. The Labute approximate surface area is 166 Å². The van der Waals surface area contributed by atoms with E-state index in [2.05, 4.69) is 5.32 Å². The predicted octanol–water partition coefficient (Wildman–Crippen LogP) is 3.96. The number of hydrogen-bond acceptors (Lipinski definition) is 3. The van der Waals surface area contributed by atoms with E-state index in [-0.39, 0.29) is 24.7 Å². The highest BCUT2D eigenvalue weighted by Crippen LogP contribution is 2.23. The van der Waals surface area contributed by atoms with Crippen LogP contribution in [0.5, 0.6) is 0 Å². The molecule has 1 unspecified atom stereocenters. The van der Waals surface area contributed by atoms with E-state index in [1.165, 1.54) is 6.07 Å². The van der Waals surface area contributed by atoms with Gasteiger partial charge in [0.15, 0.2) is 0 Å². The van der Waals surface area contributed by atoms with Crippen LogP contribution in [0.25, 0.3) is 0 Å². The lowest BCUT2D eigenvalue weighted by atomic mass is 10.00. The highest BCUT2D eigenvalue weighted by molar-refractivity contribution is 7.89. The van der Waals surface area contributed by atoms with Crippen LogP contribution in [-0.2, 0) is 10.0 Å². The van der Waals surface area contributed by atoms with Gasteiger partial charge in [-0.25, -0.2) is 12.8 Å². The third-order valence-corrected chi connectivity index (χ3v) is 6.83. The second kappa shape index (κ2) is 8.84. The van der Waals surface area contributed by atoms with Crippen LogP contribution in [0.4, 0.5) is 4.39 Å². The molecule has 0 aliphatic carbocycles. The molecule has 0 spiro atoms. The second-order valence-electron chi connectivity index (χ2n) is 6.79. The van der Waals surface area contributed by atoms with Crippen LogP contribution in [0.15, 0.2) is 41.3 Å². The summed E-state index contributed by atoms with van der Waals surface area (Å²) in [6, 6.07) is 9.13. The van der Waals surface area contributed by atoms with Crippen LogP contribution in [0.2, 0.25) is 0 Å². The lowest BCUT2D eigenvalue weighted by Crippen LogP contribution is -2.32. The number of carbonyl (C=O) groups excluding carboxylic acids is 1. The first-order chi connectivity index (χ1) is 13.1. The Bertz CT molecular complexity index is 970. The maximum Gasteiger partial charge on any atom is 0.251 e. The number of halogens is 1. The van der Waals surface area contributed by atoms with Crippen molar-refractivity contribution in [3.05, 3.63) is 64.5 Å². The molecule has 0 bridgehead atoms. The highest BCUT2D eigenvalue weighted by Gasteiger charge is 2.26. The number of benzene rings is 2. The molecule has 2 aromatic rings. The maximum atomic E-state index is 14.2. The van der Waals surface area contributed by atoms with Gasteiger partial charge in [-0.1, -0.05) is 37.6 Å². The number of carbonyl (C=O) groups is 1. The smallest absolute Gasteiger partial charge is 0.251 e. The third kappa shape index (κ3) is 4.59. The van der Waals surface area contributed by atoms with Crippen molar-refractivity contribution in [3.63, 3.8) is 0 Å². The monoisotopic (exact) mass is 406 g/mol. The summed E-state index contributed by atoms with van der Waals surface area (Å²) in [5.74, 6) is -1.32. The molecule has 1 atom stereocenters. The van der Waals surface area contributed by atoms with Crippen LogP contribution in [0.1, 0.15) is 53.9 Å². The molecule has 152 valence electrons. The van der Waals surface area contributed by atoms with Crippen molar-refractivity contribution in [1.29, 1.82) is 0 Å². The molecular formula is C21H27FN2O3S. The molecule has 5 nitrogen and oxygen atoms in total. The van der Waals surface area contributed by atoms with Crippen molar-refractivity contribution in [3.8, 4) is 0 Å². The number of aryl methyl sites for hydroxylation is 2. The fourth-order valence-corrected chi connectivity index (χ4v) is 4.68. The van der Waals surface area contributed by atoms with Crippen molar-refractivity contribution in [2.45, 2.75) is 45.6 Å². The molecule has 0 saturated heterocycles. The Balaban J connectivity index is 2.33. The quantitative estimate of drug-likeness (QED) is 0.757. The molecule has 0 aliphatic heterocycles. The van der Waals surface area contributed by atoms with E-state index in [4.69, 9.17) is 0 Å². The molecule has 0 saturated carbocycles. The first kappa shape index (κ1) is 22.0. The average Bonchev–Trinajstić information content (AvgIpc) is 2.64. The molecular weight excluding hydrogens is 379 g/mol. The Morgan fingerprint density at radius 3 is 2.36 bits per heavy atom. The number of nitrogens with zero attached hydrogens (tertiary/aromatic N) is 1. The standard InChI is InChI=1S/C21H27FN2O3S/c1-6-24(7-2)28(26,27)20-13-17(10-11-19(20)22)21(25)23-16(5)18-12-14(3)8-9-15(18)4/h8-13,16H,6-7H2,1-5H3,(H,23,25). The number of nitrogens with one attached hydrogen (secondary N) is 1. The van der Waals surface area contributed by atoms with Gasteiger partial charge < -0.3 is 5.32 Å². The largest absolute Gasteiger partial charge is 0.346 e. The summed E-state index contributed by atoms with van der Waals surface area (Å²) in [7, 11) is -4.00. The van der Waals surface area contributed by atoms with Crippen molar-refractivity contribution in [2.24, 2.45) is 0 Å². The zero-order chi connectivity index (χ0) is 21.1. The van der Waals surface area contributed by atoms with E-state index < -0.39 is 26.6 Å². The molecule has 0 radical (unpaired) electrons. The number of amides is 1. The van der Waals surface area contributed by atoms with Gasteiger partial charge in [0.1, 0.15) is 10.7 Å². The van der Waals surface area contributed by atoms with E-state index >= 15 is 0 Å². The highest BCUT2D eigenvalue weighted by atomic mass is 32.2. The van der Waals surface area contributed by atoms with E-state index in [0.717, 1.165) is 33.1 Å². The Morgan fingerprint density at radius 1 is 1.11 bits per heavy atom. The third-order valence-electron chi connectivity index (χ3n) is 4.77. The summed E-state index contributed by atoms with van der Waals surface area (Å²) >= 11 is 0. The van der Waals surface area contributed by atoms with Crippen molar-refractivity contribution >= 4 is 15.9 Å². The topological polar surface area (TPSA) is 66.5 Å². The molecule has 0 aromatic heterocycles. The molecule has 28 heavy (non-hydrogen) atoms. The van der Waals surface area contributed by atoms with Gasteiger partial charge in [0.2, 0.25) is 10.0 Å². The van der Waals surface area contributed by atoms with E-state index in [1.807, 2.05) is 39.0 Å². The molecule has 1 N–H and O–H groups in total. The van der Waals surface area contributed by atoms with Crippen LogP contribution in [-0.4, -0.2) is 31.7 Å². The maximum absolute atomic E-state index is 14.2. The van der Waals surface area contributed by atoms with E-state index in [9.17, 15) is 17.6 Å². The molecule has 7 heteroatoms. The van der Waals surface area contributed by atoms with Crippen molar-refractivity contribution < 1.29 is 17.6 Å². The predicted molar refractivity (Wildman–Crippen MR) is 108 cm³/mol. The van der Waals surface area contributed by atoms with Gasteiger partial charge in [-0.05, 0) is 50.1 Å². The summed E-state index contributed by atoms with van der Waals surface area (Å²) in [6.07, 6.45) is 0. The van der Waals surface area contributed by atoms with Gasteiger partial charge in [-0.15, -0.1) is 0 Å². The fourth-order valence-electron chi connectivity index (χ4n) is 3.13. The molecule has 0 heterocycles. The zero-order valence-electron chi connectivity index (χ0n) is 16.9. The SMILES string of the molecule is CCN(CC)S(=O)(=O)c1cc(C(=O)NC(C)c2cc(C)ccc2C)ccc1F. The minimum absolute atomic E-state index is 0.101. The molecule has 1 amide bonds. The number of hydrogen-bond donors (Lipinski definition) is 1. The number of rotatable bonds is 7. The van der Waals surface area contributed by atoms with Gasteiger partial charge in [0.05, 0.1) is 6.04 Å². The molecule has 0 aliphatic rings. The van der Waals surface area contributed by atoms with E-state index in [1.54, 1.807) is 13.8 Å². The van der Waals surface area contributed by atoms with E-state index in [0.29, 0.717) is 0 Å². The van der Waals surface area contributed by atoms with Crippen LogP contribution in [0.3, 0.4) is 0 Å². The first-order valence-electron chi connectivity index (χ1n) is 9.29. The summed E-state index contributed by atoms with van der Waals surface area (Å²) in [5.41, 5.74) is 3.20. The minimum Gasteiger partial charge on any atom is -0.346 e. The number of sulfonamides is 1. The second-order valence-corrected chi connectivity index (χ2v) is 8.70. The summed E-state index contributed by atoms with van der Waals surface area (Å²) in [6.45, 7) is 9.60. The lowest BCUT2D eigenvalue weighted by molar-refractivity contribution is 0.0939. The van der Waals surface area contributed by atoms with Crippen molar-refractivity contribution in [1.82, 2.24) is 9.62 Å². The Morgan fingerprint density at radius 2 is 1.75 bits per heavy atom. The summed E-state index contributed by atoms with van der Waals surface area (Å²) in [4.78, 5) is 12.2. The van der Waals surface area contributed by atoms with Gasteiger partial charge in [-0.3, -0.25) is 4.79 Å². The van der Waals surface area contributed by atoms with Crippen LogP contribution < -0.4 is 5.32 Å². The first-order valence-corrected chi connectivity index (χ1v) is 10.7. The average molecular weight is 407 g/mol. The lowest BCUT2D eigenvalue weighted by Gasteiger charge is -2.20. The normalized spacial score (nSPS) is 12.8. The molecule has 2 rings (SSSR count). The molecule has 0 fully saturated rings. The minimum atomic E-state index is -4.00. The van der Waals surface area contributed by atoms with Gasteiger partial charge in [-0.2, -0.15) is 4.31 Å². The van der Waals surface area contributed by atoms with Gasteiger partial charge in [0.25, 0.3) is 5.91 Å². The summed E-state index contributed by atoms with van der Waals surface area (Å²) < 4.78 is 40.7. The van der Waals surface area contributed by atoms with Crippen LogP contribution >= 0.6 is 0 Å². The van der Waals surface area contributed by atoms with Crippen LogP contribution in [0, 0.1) is 19.7 Å². The zero-order valence-corrected chi connectivity index (χ0v) is 17.7. The Kier molecular flexibility index (Phi) is 6.96.